The predicted molar refractivity (Wildman–Crippen MR) is 115 cm³/mol. The van der Waals surface area contributed by atoms with Crippen LogP contribution in [0.4, 0.5) is 5.69 Å². The van der Waals surface area contributed by atoms with Gasteiger partial charge in [0.2, 0.25) is 11.8 Å². The normalized spacial score (nSPS) is 16.6. The minimum Gasteiger partial charge on any atom is -0.491 e. The summed E-state index contributed by atoms with van der Waals surface area (Å²) in [6, 6.07) is 17.5. The van der Waals surface area contributed by atoms with Crippen molar-refractivity contribution in [3.05, 3.63) is 60.2 Å². The topological polar surface area (TPSA) is 49.9 Å². The Labute approximate surface area is 173 Å². The number of carbonyl (C=O) groups excluding carboxylic acids is 2. The van der Waals surface area contributed by atoms with Crippen molar-refractivity contribution in [2.75, 3.05) is 11.4 Å². The van der Waals surface area contributed by atoms with Crippen molar-refractivity contribution < 1.29 is 14.3 Å². The number of rotatable bonds is 7. The summed E-state index contributed by atoms with van der Waals surface area (Å²) >= 11 is 0. The van der Waals surface area contributed by atoms with Gasteiger partial charge >= 0.3 is 0 Å². The molecule has 1 aliphatic heterocycles. The minimum absolute atomic E-state index is 0.00991. The molecule has 1 heterocycles. The van der Waals surface area contributed by atoms with E-state index < -0.39 is 0 Å². The highest BCUT2D eigenvalue weighted by Crippen LogP contribution is 2.29. The molecule has 0 saturated carbocycles. The summed E-state index contributed by atoms with van der Waals surface area (Å²) in [7, 11) is 0. The highest BCUT2D eigenvalue weighted by Gasteiger charge is 2.37. The fourth-order valence-corrected chi connectivity index (χ4v) is 3.63. The van der Waals surface area contributed by atoms with Crippen LogP contribution in [0.5, 0.6) is 5.75 Å². The molecule has 29 heavy (non-hydrogen) atoms. The average molecular weight is 395 g/mol. The summed E-state index contributed by atoms with van der Waals surface area (Å²) in [6.45, 7) is 8.96. The number of nitrogens with zero attached hydrogens (tertiary/aromatic N) is 2. The zero-order valence-electron chi connectivity index (χ0n) is 17.7. The van der Waals surface area contributed by atoms with Gasteiger partial charge in [0.15, 0.2) is 0 Å². The van der Waals surface area contributed by atoms with Gasteiger partial charge in [0, 0.05) is 31.2 Å². The van der Waals surface area contributed by atoms with Crippen molar-refractivity contribution in [3.63, 3.8) is 0 Å². The molecule has 1 atom stereocenters. The Bertz CT molecular complexity index is 831. The van der Waals surface area contributed by atoms with E-state index in [2.05, 4.69) is 0 Å². The van der Waals surface area contributed by atoms with E-state index in [1.807, 2.05) is 87.2 Å². The fourth-order valence-electron chi connectivity index (χ4n) is 3.63. The first-order chi connectivity index (χ1) is 13.8. The molecule has 3 rings (SSSR count). The second-order valence-electron chi connectivity index (χ2n) is 8.11. The number of hydrogen-bond acceptors (Lipinski definition) is 3. The molecule has 0 aliphatic carbocycles. The van der Waals surface area contributed by atoms with E-state index >= 15 is 0 Å². The third-order valence-electron chi connectivity index (χ3n) is 5.10. The van der Waals surface area contributed by atoms with Crippen LogP contribution in [0.25, 0.3) is 0 Å². The molecule has 0 N–H and O–H groups in total. The Hall–Kier alpha value is -2.82. The molecule has 1 aliphatic rings. The molecule has 2 amide bonds. The first-order valence-electron chi connectivity index (χ1n) is 10.3. The minimum atomic E-state index is -0.319. The first-order valence-corrected chi connectivity index (χ1v) is 10.3. The monoisotopic (exact) mass is 394 g/mol. The van der Waals surface area contributed by atoms with Crippen molar-refractivity contribution >= 4 is 17.5 Å². The highest BCUT2D eigenvalue weighted by atomic mass is 16.5. The number of ether oxygens (including phenoxy) is 1. The van der Waals surface area contributed by atoms with Crippen molar-refractivity contribution in [3.8, 4) is 5.75 Å². The Morgan fingerprint density at radius 3 is 2.31 bits per heavy atom. The Morgan fingerprint density at radius 1 is 1.07 bits per heavy atom. The summed E-state index contributed by atoms with van der Waals surface area (Å²) in [5, 5.41) is 0. The van der Waals surface area contributed by atoms with Crippen molar-refractivity contribution in [2.24, 2.45) is 5.92 Å². The summed E-state index contributed by atoms with van der Waals surface area (Å²) in [4.78, 5) is 29.4. The van der Waals surface area contributed by atoms with E-state index in [0.29, 0.717) is 13.1 Å². The largest absolute Gasteiger partial charge is 0.491 e. The van der Waals surface area contributed by atoms with Crippen LogP contribution in [-0.2, 0) is 16.1 Å². The third-order valence-corrected chi connectivity index (χ3v) is 5.10. The first kappa shape index (κ1) is 20.9. The van der Waals surface area contributed by atoms with Gasteiger partial charge in [0.05, 0.1) is 12.0 Å². The van der Waals surface area contributed by atoms with Crippen LogP contribution in [0, 0.1) is 5.92 Å². The standard InChI is InChI=1S/C24H30N2O3/c1-17(2)25(15-19-8-6-5-7-9-19)24(28)20-14-23(27)26(16-20)21-10-12-22(13-11-21)29-18(3)4/h5-13,17-18,20H,14-16H2,1-4H3. The van der Waals surface area contributed by atoms with Crippen LogP contribution in [0.15, 0.2) is 54.6 Å². The molecule has 2 aromatic rings. The van der Waals surface area contributed by atoms with Crippen LogP contribution < -0.4 is 9.64 Å². The molecule has 2 aromatic carbocycles. The van der Waals surface area contributed by atoms with E-state index in [9.17, 15) is 9.59 Å². The lowest BCUT2D eigenvalue weighted by Crippen LogP contribution is -2.41. The van der Waals surface area contributed by atoms with E-state index in [0.717, 1.165) is 17.0 Å². The average Bonchev–Trinajstić information content (AvgIpc) is 3.08. The summed E-state index contributed by atoms with van der Waals surface area (Å²) in [6.07, 6.45) is 0.351. The van der Waals surface area contributed by atoms with E-state index in [1.54, 1.807) is 4.90 Å². The van der Waals surface area contributed by atoms with Crippen LogP contribution in [-0.4, -0.2) is 35.4 Å². The molecule has 5 heteroatoms. The Kier molecular flexibility index (Phi) is 6.57. The maximum absolute atomic E-state index is 13.2. The lowest BCUT2D eigenvalue weighted by molar-refractivity contribution is -0.138. The summed E-state index contributed by atoms with van der Waals surface area (Å²) in [5.41, 5.74) is 1.90. The van der Waals surface area contributed by atoms with Gasteiger partial charge < -0.3 is 14.5 Å². The van der Waals surface area contributed by atoms with Gasteiger partial charge in [-0.3, -0.25) is 9.59 Å². The number of hydrogen-bond donors (Lipinski definition) is 0. The lowest BCUT2D eigenvalue weighted by Gasteiger charge is -2.29. The zero-order chi connectivity index (χ0) is 21.0. The summed E-state index contributed by atoms with van der Waals surface area (Å²) < 4.78 is 5.67. The molecule has 1 fully saturated rings. The van der Waals surface area contributed by atoms with Crippen LogP contribution in [0.3, 0.4) is 0 Å². The van der Waals surface area contributed by atoms with Crippen LogP contribution >= 0.6 is 0 Å². The second-order valence-corrected chi connectivity index (χ2v) is 8.11. The van der Waals surface area contributed by atoms with Gasteiger partial charge in [-0.25, -0.2) is 0 Å². The molecular formula is C24H30N2O3. The van der Waals surface area contributed by atoms with Gasteiger partial charge in [0.25, 0.3) is 0 Å². The zero-order valence-corrected chi connectivity index (χ0v) is 17.7. The predicted octanol–water partition coefficient (Wildman–Crippen LogP) is 4.26. The van der Waals surface area contributed by atoms with Gasteiger partial charge in [-0.2, -0.15) is 0 Å². The maximum atomic E-state index is 13.2. The van der Waals surface area contributed by atoms with E-state index in [1.165, 1.54) is 0 Å². The molecule has 0 bridgehead atoms. The van der Waals surface area contributed by atoms with Gasteiger partial charge in [-0.05, 0) is 57.5 Å². The third kappa shape index (κ3) is 5.17. The number of benzene rings is 2. The maximum Gasteiger partial charge on any atom is 0.228 e. The quantitative estimate of drug-likeness (QED) is 0.705. The molecule has 0 aromatic heterocycles. The highest BCUT2D eigenvalue weighted by molar-refractivity contribution is 6.00. The molecule has 0 spiro atoms. The van der Waals surface area contributed by atoms with Gasteiger partial charge in [-0.15, -0.1) is 0 Å². The second kappa shape index (κ2) is 9.12. The van der Waals surface area contributed by atoms with E-state index in [-0.39, 0.29) is 36.3 Å². The van der Waals surface area contributed by atoms with Gasteiger partial charge in [-0.1, -0.05) is 30.3 Å². The number of amides is 2. The fraction of sp³-hybridized carbons (Fsp3) is 0.417. The van der Waals surface area contributed by atoms with Crippen LogP contribution in [0.2, 0.25) is 0 Å². The smallest absolute Gasteiger partial charge is 0.228 e. The van der Waals surface area contributed by atoms with Crippen molar-refractivity contribution in [2.45, 2.75) is 52.8 Å². The number of carbonyl (C=O) groups is 2. The number of anilines is 1. The lowest BCUT2D eigenvalue weighted by atomic mass is 10.1. The Balaban J connectivity index is 1.70. The summed E-state index contributed by atoms with van der Waals surface area (Å²) in [5.74, 6) is 0.487. The molecule has 5 nitrogen and oxygen atoms in total. The molecule has 154 valence electrons. The van der Waals surface area contributed by atoms with Crippen molar-refractivity contribution in [1.82, 2.24) is 4.90 Å². The van der Waals surface area contributed by atoms with Crippen LogP contribution in [0.1, 0.15) is 39.7 Å². The van der Waals surface area contributed by atoms with E-state index in [4.69, 9.17) is 4.74 Å². The SMILES string of the molecule is CC(C)Oc1ccc(N2CC(C(=O)N(Cc3ccccc3)C(C)C)CC2=O)cc1. The van der Waals surface area contributed by atoms with Crippen molar-refractivity contribution in [1.29, 1.82) is 0 Å². The molecule has 1 saturated heterocycles. The Morgan fingerprint density at radius 2 is 1.72 bits per heavy atom. The van der Waals surface area contributed by atoms with Gasteiger partial charge in [0.1, 0.15) is 5.75 Å². The molecular weight excluding hydrogens is 364 g/mol. The molecule has 1 unspecified atom stereocenters. The molecule has 0 radical (unpaired) electrons.